The first-order valence-corrected chi connectivity index (χ1v) is 8.86. The Morgan fingerprint density at radius 3 is 2.46 bits per heavy atom. The lowest BCUT2D eigenvalue weighted by atomic mass is 9.81. The highest BCUT2D eigenvalue weighted by atomic mass is 16.5. The number of carbonyl (C=O) groups is 1. The van der Waals surface area contributed by atoms with Gasteiger partial charge in [0, 0.05) is 30.7 Å². The molecule has 1 saturated heterocycles. The van der Waals surface area contributed by atoms with Crippen LogP contribution in [0.3, 0.4) is 0 Å². The second kappa shape index (κ2) is 7.66. The summed E-state index contributed by atoms with van der Waals surface area (Å²) in [4.78, 5) is 15.0. The van der Waals surface area contributed by atoms with Crippen molar-refractivity contribution in [1.82, 2.24) is 10.2 Å². The maximum atomic E-state index is 12.6. The van der Waals surface area contributed by atoms with Crippen molar-refractivity contribution in [3.8, 4) is 0 Å². The van der Waals surface area contributed by atoms with Gasteiger partial charge in [0.1, 0.15) is 0 Å². The third-order valence-corrected chi connectivity index (χ3v) is 4.12. The van der Waals surface area contributed by atoms with E-state index in [1.54, 1.807) is 0 Å². The van der Waals surface area contributed by atoms with E-state index in [1.807, 2.05) is 18.2 Å². The minimum absolute atomic E-state index is 0.00748. The molecule has 134 valence electrons. The monoisotopic (exact) mass is 332 g/mol. The van der Waals surface area contributed by atoms with Crippen molar-refractivity contribution in [2.75, 3.05) is 26.3 Å². The number of nitrogens with one attached hydrogen (secondary N) is 1. The Labute approximate surface area is 146 Å². The van der Waals surface area contributed by atoms with E-state index in [-0.39, 0.29) is 16.9 Å². The van der Waals surface area contributed by atoms with E-state index in [2.05, 4.69) is 50.9 Å². The summed E-state index contributed by atoms with van der Waals surface area (Å²) in [5.41, 5.74) is 1.87. The molecule has 4 heteroatoms. The third kappa shape index (κ3) is 6.25. The number of amides is 1. The minimum atomic E-state index is -0.227. The molecule has 0 aromatic heterocycles. The van der Waals surface area contributed by atoms with E-state index in [9.17, 15) is 4.79 Å². The predicted molar refractivity (Wildman–Crippen MR) is 98.2 cm³/mol. The Morgan fingerprint density at radius 2 is 1.83 bits per heavy atom. The van der Waals surface area contributed by atoms with Crippen molar-refractivity contribution in [2.24, 2.45) is 5.41 Å². The van der Waals surface area contributed by atoms with Crippen molar-refractivity contribution in [3.05, 3.63) is 35.4 Å². The SMILES string of the molecule is CC(C)(C)CC(C)(C)NC(=O)c1cccc(CN2CCOCC2)c1. The van der Waals surface area contributed by atoms with Gasteiger partial charge in [-0.2, -0.15) is 0 Å². The highest BCUT2D eigenvalue weighted by Gasteiger charge is 2.27. The molecule has 24 heavy (non-hydrogen) atoms. The molecule has 2 rings (SSSR count). The van der Waals surface area contributed by atoms with Gasteiger partial charge in [-0.05, 0) is 43.4 Å². The summed E-state index contributed by atoms with van der Waals surface area (Å²) in [7, 11) is 0. The van der Waals surface area contributed by atoms with Crippen molar-refractivity contribution in [2.45, 2.75) is 53.1 Å². The Bertz CT molecular complexity index is 555. The van der Waals surface area contributed by atoms with Crippen LogP contribution in [0.2, 0.25) is 0 Å². The lowest BCUT2D eigenvalue weighted by Gasteiger charge is -2.33. The van der Waals surface area contributed by atoms with Gasteiger partial charge in [0.2, 0.25) is 0 Å². The second-order valence-corrected chi connectivity index (χ2v) is 8.66. The fraction of sp³-hybridized carbons (Fsp3) is 0.650. The van der Waals surface area contributed by atoms with E-state index >= 15 is 0 Å². The molecule has 1 heterocycles. The van der Waals surface area contributed by atoms with Gasteiger partial charge < -0.3 is 10.1 Å². The van der Waals surface area contributed by atoms with Crippen molar-refractivity contribution in [1.29, 1.82) is 0 Å². The largest absolute Gasteiger partial charge is 0.379 e. The standard InChI is InChI=1S/C20H32N2O2/c1-19(2,3)15-20(4,5)21-18(23)17-8-6-7-16(13-17)14-22-9-11-24-12-10-22/h6-8,13H,9-12,14-15H2,1-5H3,(H,21,23). The number of benzene rings is 1. The number of nitrogens with zero attached hydrogens (tertiary/aromatic N) is 1. The van der Waals surface area contributed by atoms with Crippen molar-refractivity contribution < 1.29 is 9.53 Å². The van der Waals surface area contributed by atoms with Crippen molar-refractivity contribution in [3.63, 3.8) is 0 Å². The Kier molecular flexibility index (Phi) is 6.05. The van der Waals surface area contributed by atoms with Gasteiger partial charge in [0.05, 0.1) is 13.2 Å². The molecule has 0 aliphatic carbocycles. The van der Waals surface area contributed by atoms with E-state index < -0.39 is 0 Å². The lowest BCUT2D eigenvalue weighted by Crippen LogP contribution is -2.45. The highest BCUT2D eigenvalue weighted by molar-refractivity contribution is 5.94. The second-order valence-electron chi connectivity index (χ2n) is 8.66. The first-order valence-electron chi connectivity index (χ1n) is 8.86. The fourth-order valence-electron chi connectivity index (χ4n) is 3.58. The molecule has 1 aromatic carbocycles. The van der Waals surface area contributed by atoms with Crippen LogP contribution in [0.1, 0.15) is 57.0 Å². The smallest absolute Gasteiger partial charge is 0.251 e. The molecule has 4 nitrogen and oxygen atoms in total. The molecule has 0 spiro atoms. The molecule has 1 N–H and O–H groups in total. The van der Waals surface area contributed by atoms with Gasteiger partial charge in [0.15, 0.2) is 0 Å². The van der Waals surface area contributed by atoms with Crippen LogP contribution in [0.15, 0.2) is 24.3 Å². The van der Waals surface area contributed by atoms with Crippen LogP contribution in [0.5, 0.6) is 0 Å². The molecular formula is C20H32N2O2. The quantitative estimate of drug-likeness (QED) is 0.898. The average Bonchev–Trinajstić information content (AvgIpc) is 2.45. The zero-order chi connectivity index (χ0) is 17.8. The molecule has 0 unspecified atom stereocenters. The first kappa shape index (κ1) is 18.9. The molecule has 0 saturated carbocycles. The minimum Gasteiger partial charge on any atom is -0.379 e. The summed E-state index contributed by atoms with van der Waals surface area (Å²) >= 11 is 0. The van der Waals surface area contributed by atoms with E-state index in [1.165, 1.54) is 5.56 Å². The molecule has 0 bridgehead atoms. The summed E-state index contributed by atoms with van der Waals surface area (Å²) in [5, 5.41) is 3.19. The summed E-state index contributed by atoms with van der Waals surface area (Å²) in [5.74, 6) is 0.00748. The van der Waals surface area contributed by atoms with Crippen LogP contribution >= 0.6 is 0 Å². The van der Waals surface area contributed by atoms with Gasteiger partial charge >= 0.3 is 0 Å². The molecule has 0 radical (unpaired) electrons. The van der Waals surface area contributed by atoms with Crippen LogP contribution in [-0.2, 0) is 11.3 Å². The van der Waals surface area contributed by atoms with Gasteiger partial charge in [-0.3, -0.25) is 9.69 Å². The zero-order valence-corrected chi connectivity index (χ0v) is 15.8. The summed E-state index contributed by atoms with van der Waals surface area (Å²) in [6.07, 6.45) is 0.930. The van der Waals surface area contributed by atoms with Gasteiger partial charge in [-0.25, -0.2) is 0 Å². The molecule has 1 aromatic rings. The number of rotatable bonds is 5. The van der Waals surface area contributed by atoms with Crippen molar-refractivity contribution >= 4 is 5.91 Å². The average molecular weight is 332 g/mol. The maximum absolute atomic E-state index is 12.6. The number of hydrogen-bond donors (Lipinski definition) is 1. The lowest BCUT2D eigenvalue weighted by molar-refractivity contribution is 0.0341. The summed E-state index contributed by atoms with van der Waals surface area (Å²) in [6, 6.07) is 7.97. The number of carbonyl (C=O) groups excluding carboxylic acids is 1. The first-order chi connectivity index (χ1) is 11.1. The highest BCUT2D eigenvalue weighted by Crippen LogP contribution is 2.27. The fourth-order valence-corrected chi connectivity index (χ4v) is 3.58. The molecule has 1 fully saturated rings. The maximum Gasteiger partial charge on any atom is 0.251 e. The van der Waals surface area contributed by atoms with Crippen LogP contribution in [0.4, 0.5) is 0 Å². The van der Waals surface area contributed by atoms with E-state index in [0.717, 1.165) is 44.8 Å². The Hall–Kier alpha value is -1.39. The Balaban J connectivity index is 2.00. The normalized spacial score (nSPS) is 16.9. The van der Waals surface area contributed by atoms with Gasteiger partial charge in [-0.15, -0.1) is 0 Å². The van der Waals surface area contributed by atoms with Gasteiger partial charge in [0.25, 0.3) is 5.91 Å². The number of hydrogen-bond acceptors (Lipinski definition) is 3. The van der Waals surface area contributed by atoms with Crippen LogP contribution < -0.4 is 5.32 Å². The number of morpholine rings is 1. The van der Waals surface area contributed by atoms with E-state index in [0.29, 0.717) is 0 Å². The molecule has 0 atom stereocenters. The number of ether oxygens (including phenoxy) is 1. The third-order valence-electron chi connectivity index (χ3n) is 4.12. The van der Waals surface area contributed by atoms with Crippen LogP contribution in [-0.4, -0.2) is 42.6 Å². The molecule has 1 aliphatic rings. The summed E-state index contributed by atoms with van der Waals surface area (Å²) < 4.78 is 5.39. The zero-order valence-electron chi connectivity index (χ0n) is 15.8. The molecule has 1 aliphatic heterocycles. The molecular weight excluding hydrogens is 300 g/mol. The van der Waals surface area contributed by atoms with Crippen LogP contribution in [0.25, 0.3) is 0 Å². The van der Waals surface area contributed by atoms with Crippen LogP contribution in [0, 0.1) is 5.41 Å². The summed E-state index contributed by atoms with van der Waals surface area (Å²) in [6.45, 7) is 15.1. The molecule has 1 amide bonds. The Morgan fingerprint density at radius 1 is 1.17 bits per heavy atom. The topological polar surface area (TPSA) is 41.6 Å². The van der Waals surface area contributed by atoms with Gasteiger partial charge in [-0.1, -0.05) is 32.9 Å². The predicted octanol–water partition coefficient (Wildman–Crippen LogP) is 3.46. The van der Waals surface area contributed by atoms with E-state index in [4.69, 9.17) is 4.74 Å².